The Kier molecular flexibility index (Phi) is 10.3. The number of benzene rings is 4. The number of piperidine rings is 2. The Bertz CT molecular complexity index is 2250. The predicted molar refractivity (Wildman–Crippen MR) is 222 cm³/mol. The Morgan fingerprint density at radius 3 is 2.14 bits per heavy atom. The van der Waals surface area contributed by atoms with Gasteiger partial charge in [-0.05, 0) is 115 Å². The van der Waals surface area contributed by atoms with Crippen molar-refractivity contribution in [2.45, 2.75) is 69.6 Å². The quantitative estimate of drug-likeness (QED) is 0.140. The number of phenols is 1. The van der Waals surface area contributed by atoms with Gasteiger partial charge in [0.25, 0.3) is 11.8 Å². The molecule has 58 heavy (non-hydrogen) atoms. The third-order valence-corrected chi connectivity index (χ3v) is 12.8. The van der Waals surface area contributed by atoms with Crippen LogP contribution in [0.4, 0.5) is 5.69 Å². The molecule has 5 aliphatic rings. The molecule has 2 N–H and O–H groups in total. The zero-order valence-corrected chi connectivity index (χ0v) is 32.8. The molecule has 0 radical (unpaired) electrons. The summed E-state index contributed by atoms with van der Waals surface area (Å²) in [5.41, 5.74) is 7.35. The van der Waals surface area contributed by atoms with Crippen molar-refractivity contribution < 1.29 is 29.0 Å². The molecule has 0 spiro atoms. The van der Waals surface area contributed by atoms with Gasteiger partial charge in [0, 0.05) is 49.9 Å². The summed E-state index contributed by atoms with van der Waals surface area (Å²) in [6.07, 6.45) is 4.44. The van der Waals surface area contributed by atoms with Gasteiger partial charge in [-0.1, -0.05) is 61.5 Å². The lowest BCUT2D eigenvalue weighted by atomic mass is 9.88. The van der Waals surface area contributed by atoms with Gasteiger partial charge in [-0.3, -0.25) is 39.2 Å². The van der Waals surface area contributed by atoms with Crippen LogP contribution in [0.5, 0.6) is 11.5 Å². The van der Waals surface area contributed by atoms with Gasteiger partial charge in [0.15, 0.2) is 0 Å². The third-order valence-electron chi connectivity index (χ3n) is 12.8. The normalized spacial score (nSPS) is 23.0. The summed E-state index contributed by atoms with van der Waals surface area (Å²) < 4.78 is 6.26. The molecule has 11 nitrogen and oxygen atoms in total. The lowest BCUT2D eigenvalue weighted by molar-refractivity contribution is -0.136. The highest BCUT2D eigenvalue weighted by Crippen LogP contribution is 2.40. The van der Waals surface area contributed by atoms with Gasteiger partial charge in [0.1, 0.15) is 24.1 Å². The first-order valence-corrected chi connectivity index (χ1v) is 20.7. The molecule has 5 aliphatic heterocycles. The monoisotopic (exact) mass is 779 g/mol. The van der Waals surface area contributed by atoms with Crippen LogP contribution in [0.3, 0.4) is 0 Å². The number of phenolic OH excluding ortho intramolecular Hbond substituents is 1. The molecule has 2 bridgehead atoms. The topological polar surface area (TPSA) is 123 Å². The van der Waals surface area contributed by atoms with E-state index in [-0.39, 0.29) is 24.5 Å². The van der Waals surface area contributed by atoms with Crippen LogP contribution in [-0.2, 0) is 9.59 Å². The van der Waals surface area contributed by atoms with E-state index in [9.17, 15) is 24.3 Å². The van der Waals surface area contributed by atoms with Crippen molar-refractivity contribution in [1.29, 1.82) is 0 Å². The highest BCUT2D eigenvalue weighted by Gasteiger charge is 2.48. The van der Waals surface area contributed by atoms with E-state index in [0.29, 0.717) is 35.9 Å². The maximum atomic E-state index is 13.4. The number of carbonyl (C=O) groups excluding carboxylic acids is 4. The van der Waals surface area contributed by atoms with Crippen LogP contribution in [-0.4, -0.2) is 107 Å². The van der Waals surface area contributed by atoms with Crippen LogP contribution in [0, 0.1) is 0 Å². The van der Waals surface area contributed by atoms with E-state index >= 15 is 0 Å². The Hall–Kier alpha value is -5.78. The fourth-order valence-corrected chi connectivity index (χ4v) is 9.89. The molecule has 5 heterocycles. The van der Waals surface area contributed by atoms with Crippen LogP contribution in [0.25, 0.3) is 11.1 Å². The van der Waals surface area contributed by atoms with Crippen molar-refractivity contribution in [2.75, 3.05) is 44.2 Å². The minimum Gasteiger partial charge on any atom is -0.508 e. The number of carbonyl (C=O) groups is 4. The van der Waals surface area contributed by atoms with Crippen LogP contribution >= 0.6 is 0 Å². The molecular weight excluding hydrogens is 731 g/mol. The fourth-order valence-electron chi connectivity index (χ4n) is 9.89. The number of anilines is 1. The van der Waals surface area contributed by atoms with E-state index in [2.05, 4.69) is 75.5 Å². The number of nitrogens with one attached hydrogen (secondary N) is 1. The minimum atomic E-state index is -0.961. The number of likely N-dealkylation sites (tertiary alicyclic amines) is 2. The minimum absolute atomic E-state index is 0.102. The molecule has 4 saturated heterocycles. The van der Waals surface area contributed by atoms with Crippen molar-refractivity contribution in [1.82, 2.24) is 20.0 Å². The molecule has 0 aromatic heterocycles. The lowest BCUT2D eigenvalue weighted by Gasteiger charge is -2.43. The number of rotatable bonds is 11. The van der Waals surface area contributed by atoms with Crippen LogP contribution < -0.4 is 15.0 Å². The molecule has 4 amide bonds. The summed E-state index contributed by atoms with van der Waals surface area (Å²) in [6, 6.07) is 32.1. The first-order chi connectivity index (χ1) is 28.2. The Labute approximate surface area is 338 Å². The van der Waals surface area contributed by atoms with E-state index in [4.69, 9.17) is 4.74 Å². The summed E-state index contributed by atoms with van der Waals surface area (Å²) in [5.74, 6) is -0.805. The van der Waals surface area contributed by atoms with Crippen molar-refractivity contribution in [3.63, 3.8) is 0 Å². The van der Waals surface area contributed by atoms with Crippen molar-refractivity contribution in [3.05, 3.63) is 125 Å². The summed E-state index contributed by atoms with van der Waals surface area (Å²) in [6.45, 7) is 7.62. The van der Waals surface area contributed by atoms with Gasteiger partial charge >= 0.3 is 0 Å². The number of fused-ring (bicyclic) bond motifs is 3. The maximum Gasteiger partial charge on any atom is 0.262 e. The molecular formula is C47H49N5O6. The molecule has 3 unspecified atom stereocenters. The average Bonchev–Trinajstić information content (AvgIpc) is 3.93. The molecule has 0 aliphatic carbocycles. The highest BCUT2D eigenvalue weighted by atomic mass is 16.5. The second kappa shape index (κ2) is 15.9. The van der Waals surface area contributed by atoms with E-state index in [1.807, 2.05) is 30.3 Å². The molecule has 9 rings (SSSR count). The molecule has 4 fully saturated rings. The Morgan fingerprint density at radius 2 is 1.47 bits per heavy atom. The summed E-state index contributed by atoms with van der Waals surface area (Å²) in [4.78, 5) is 59.4. The number of imide groups is 2. The first kappa shape index (κ1) is 37.8. The predicted octanol–water partition coefficient (Wildman–Crippen LogP) is 5.97. The van der Waals surface area contributed by atoms with Gasteiger partial charge in [-0.2, -0.15) is 0 Å². The number of hydrogen-bond donors (Lipinski definition) is 2. The van der Waals surface area contributed by atoms with Crippen molar-refractivity contribution in [2.24, 2.45) is 0 Å². The van der Waals surface area contributed by atoms with Gasteiger partial charge in [0.05, 0.1) is 11.1 Å². The number of aromatic hydroxyl groups is 1. The van der Waals surface area contributed by atoms with Crippen LogP contribution in [0.2, 0.25) is 0 Å². The number of amides is 4. The number of ether oxygens (including phenoxy) is 1. The van der Waals surface area contributed by atoms with Crippen LogP contribution in [0.15, 0.2) is 97.1 Å². The molecule has 11 heteroatoms. The Morgan fingerprint density at radius 1 is 0.759 bits per heavy atom. The molecule has 0 saturated carbocycles. The number of nitrogens with zero attached hydrogens (tertiary/aromatic N) is 4. The fraction of sp³-hybridized carbons (Fsp3) is 0.362. The zero-order valence-electron chi connectivity index (χ0n) is 32.8. The summed E-state index contributed by atoms with van der Waals surface area (Å²) >= 11 is 0. The first-order valence-electron chi connectivity index (χ1n) is 20.7. The average molecular weight is 780 g/mol. The zero-order chi connectivity index (χ0) is 39.9. The van der Waals surface area contributed by atoms with Crippen molar-refractivity contribution >= 4 is 40.5 Å². The number of piperazine rings is 1. The van der Waals surface area contributed by atoms with E-state index in [1.54, 1.807) is 18.2 Å². The van der Waals surface area contributed by atoms with Gasteiger partial charge in [0.2, 0.25) is 11.8 Å². The lowest BCUT2D eigenvalue weighted by Crippen LogP contribution is -2.54. The highest BCUT2D eigenvalue weighted by molar-refractivity contribution is 6.23. The maximum absolute atomic E-state index is 13.4. The number of allylic oxidation sites excluding steroid dienone is 1. The largest absolute Gasteiger partial charge is 0.508 e. The second-order valence-electron chi connectivity index (χ2n) is 16.1. The van der Waals surface area contributed by atoms with E-state index < -0.39 is 23.8 Å². The SMILES string of the molecule is CCC(=C(c1ccc(O)cc1)c1ccc(OCCN2CCC(N3CC4CC3CN4c3ccc4c(c3)C(=O)N(C3CCC(=O)NC3=O)C4=O)CC2)cc1)c1ccccc1. The molecule has 3 atom stereocenters. The van der Waals surface area contributed by atoms with Gasteiger partial charge in [-0.15, -0.1) is 0 Å². The Balaban J connectivity index is 0.767. The third kappa shape index (κ3) is 7.17. The van der Waals surface area contributed by atoms with Crippen LogP contribution in [0.1, 0.15) is 82.9 Å². The van der Waals surface area contributed by atoms with Crippen molar-refractivity contribution in [3.8, 4) is 11.5 Å². The van der Waals surface area contributed by atoms with Gasteiger partial charge < -0.3 is 14.7 Å². The second-order valence-corrected chi connectivity index (χ2v) is 16.1. The molecule has 298 valence electrons. The number of hydrogen-bond acceptors (Lipinski definition) is 9. The standard InChI is InChI=1S/C47H49N5O6/c1-2-39(30-6-4-3-5-7-30)44(31-8-13-37(53)14-9-31)32-10-15-38(16-11-32)58-25-24-49-22-20-33(21-23-49)50-28-36-26-35(50)29-51(36)34-12-17-40-41(27-34)47(57)52(46(40)56)42-18-19-43(54)48-45(42)55/h3-17,27,33,35-36,42,53H,2,18-26,28-29H2,1H3,(H,48,54,55). The van der Waals surface area contributed by atoms with E-state index in [0.717, 1.165) is 91.4 Å². The summed E-state index contributed by atoms with van der Waals surface area (Å²) in [7, 11) is 0. The molecule has 4 aromatic carbocycles. The molecule has 4 aromatic rings. The smallest absolute Gasteiger partial charge is 0.262 e. The van der Waals surface area contributed by atoms with Gasteiger partial charge in [-0.25, -0.2) is 0 Å². The summed E-state index contributed by atoms with van der Waals surface area (Å²) in [5, 5.41) is 12.2. The van der Waals surface area contributed by atoms with E-state index in [1.165, 1.54) is 11.1 Å².